The Bertz CT molecular complexity index is 394. The fraction of sp³-hybridized carbons (Fsp3) is 0.500. The lowest BCUT2D eigenvalue weighted by molar-refractivity contribution is -0.115. The van der Waals surface area contributed by atoms with Crippen LogP contribution in [0.1, 0.15) is 13.8 Å². The molecule has 0 aromatic heterocycles. The molecule has 19 heavy (non-hydrogen) atoms. The van der Waals surface area contributed by atoms with Crippen molar-refractivity contribution in [1.82, 2.24) is 10.2 Å². The van der Waals surface area contributed by atoms with Gasteiger partial charge in [-0.05, 0) is 31.3 Å². The smallest absolute Gasteiger partial charge is 0.238 e. The molecule has 0 aliphatic heterocycles. The summed E-state index contributed by atoms with van der Waals surface area (Å²) in [6.07, 6.45) is 0. The number of hydrogen-bond acceptors (Lipinski definition) is 3. The maximum atomic E-state index is 11.7. The van der Waals surface area contributed by atoms with Crippen molar-refractivity contribution in [3.63, 3.8) is 0 Å². The molecule has 0 aliphatic carbocycles. The number of carbonyl (C=O) groups excluding carboxylic acids is 1. The summed E-state index contributed by atoms with van der Waals surface area (Å²) in [5.74, 6) is -0.0161. The van der Waals surface area contributed by atoms with Crippen molar-refractivity contribution in [2.75, 3.05) is 38.0 Å². The summed E-state index contributed by atoms with van der Waals surface area (Å²) in [5, 5.41) is 6.01. The van der Waals surface area contributed by atoms with E-state index in [9.17, 15) is 4.79 Å². The van der Waals surface area contributed by atoms with Crippen molar-refractivity contribution in [3.05, 3.63) is 28.7 Å². The molecule has 0 radical (unpaired) electrons. The van der Waals surface area contributed by atoms with Crippen LogP contribution in [0.15, 0.2) is 28.7 Å². The quantitative estimate of drug-likeness (QED) is 0.720. The van der Waals surface area contributed by atoms with Crippen LogP contribution < -0.4 is 10.6 Å². The maximum absolute atomic E-state index is 11.7. The van der Waals surface area contributed by atoms with Gasteiger partial charge in [-0.2, -0.15) is 0 Å². The molecule has 1 aromatic rings. The lowest BCUT2D eigenvalue weighted by atomic mass is 10.3. The van der Waals surface area contributed by atoms with Crippen molar-refractivity contribution in [2.45, 2.75) is 13.8 Å². The third-order valence-electron chi connectivity index (χ3n) is 2.89. The molecule has 1 rings (SSSR count). The van der Waals surface area contributed by atoms with Crippen LogP contribution in [0.4, 0.5) is 5.69 Å². The average Bonchev–Trinajstić information content (AvgIpc) is 2.39. The average molecular weight is 328 g/mol. The Morgan fingerprint density at radius 1 is 1.32 bits per heavy atom. The van der Waals surface area contributed by atoms with Crippen molar-refractivity contribution in [1.29, 1.82) is 0 Å². The predicted molar refractivity (Wildman–Crippen MR) is 83.4 cm³/mol. The number of halogens is 1. The van der Waals surface area contributed by atoms with Gasteiger partial charge in [0.25, 0.3) is 0 Å². The minimum atomic E-state index is -0.0161. The van der Waals surface area contributed by atoms with Gasteiger partial charge < -0.3 is 15.5 Å². The molecule has 106 valence electrons. The lowest BCUT2D eigenvalue weighted by Crippen LogP contribution is -2.35. The molecule has 2 N–H and O–H groups in total. The van der Waals surface area contributed by atoms with E-state index in [1.165, 1.54) is 0 Å². The second-order valence-electron chi connectivity index (χ2n) is 4.26. The third kappa shape index (κ3) is 6.71. The number of carbonyl (C=O) groups is 1. The minimum absolute atomic E-state index is 0.0161. The van der Waals surface area contributed by atoms with Gasteiger partial charge >= 0.3 is 0 Å². The Morgan fingerprint density at radius 2 is 2.05 bits per heavy atom. The first-order chi connectivity index (χ1) is 9.15. The van der Waals surface area contributed by atoms with Gasteiger partial charge in [0.1, 0.15) is 0 Å². The first kappa shape index (κ1) is 16.1. The highest BCUT2D eigenvalue weighted by atomic mass is 79.9. The van der Waals surface area contributed by atoms with E-state index in [-0.39, 0.29) is 5.91 Å². The van der Waals surface area contributed by atoms with Crippen molar-refractivity contribution < 1.29 is 4.79 Å². The summed E-state index contributed by atoms with van der Waals surface area (Å²) >= 11 is 3.38. The lowest BCUT2D eigenvalue weighted by Gasteiger charge is -2.17. The third-order valence-corrected chi connectivity index (χ3v) is 3.39. The molecule has 0 spiro atoms. The van der Waals surface area contributed by atoms with E-state index in [2.05, 4.69) is 45.3 Å². The summed E-state index contributed by atoms with van der Waals surface area (Å²) < 4.78 is 0.958. The van der Waals surface area contributed by atoms with Gasteiger partial charge in [0.05, 0.1) is 6.54 Å². The molecule has 1 amide bonds. The molecule has 0 heterocycles. The number of anilines is 1. The normalized spacial score (nSPS) is 10.7. The fourth-order valence-corrected chi connectivity index (χ4v) is 2.15. The molecule has 4 nitrogen and oxygen atoms in total. The number of nitrogens with one attached hydrogen (secondary N) is 2. The number of hydrogen-bond donors (Lipinski definition) is 2. The summed E-state index contributed by atoms with van der Waals surface area (Å²) in [6, 6.07) is 7.58. The van der Waals surface area contributed by atoms with Gasteiger partial charge in [0.2, 0.25) is 5.91 Å². The summed E-state index contributed by atoms with van der Waals surface area (Å²) in [5.41, 5.74) is 0.810. The SMILES string of the molecule is CCN(CC)CCNCC(=O)Nc1cccc(Br)c1. The monoisotopic (exact) mass is 327 g/mol. The minimum Gasteiger partial charge on any atom is -0.325 e. The number of likely N-dealkylation sites (N-methyl/N-ethyl adjacent to an activating group) is 1. The fourth-order valence-electron chi connectivity index (χ4n) is 1.75. The van der Waals surface area contributed by atoms with Gasteiger partial charge in [0.15, 0.2) is 0 Å². The van der Waals surface area contributed by atoms with Crippen LogP contribution in [0.25, 0.3) is 0 Å². The van der Waals surface area contributed by atoms with E-state index in [1.807, 2.05) is 24.3 Å². The highest BCUT2D eigenvalue weighted by molar-refractivity contribution is 9.10. The first-order valence-electron chi connectivity index (χ1n) is 6.64. The Kier molecular flexibility index (Phi) is 7.70. The highest BCUT2D eigenvalue weighted by Crippen LogP contribution is 2.15. The van der Waals surface area contributed by atoms with Crippen LogP contribution in [0.2, 0.25) is 0 Å². The van der Waals surface area contributed by atoms with Gasteiger partial charge in [-0.25, -0.2) is 0 Å². The van der Waals surface area contributed by atoms with Gasteiger partial charge in [0, 0.05) is 23.2 Å². The van der Waals surface area contributed by atoms with Crippen LogP contribution >= 0.6 is 15.9 Å². The van der Waals surface area contributed by atoms with Crippen LogP contribution in [0.3, 0.4) is 0 Å². The Hall–Kier alpha value is -0.910. The van der Waals surface area contributed by atoms with Crippen LogP contribution in [-0.4, -0.2) is 43.5 Å². The van der Waals surface area contributed by atoms with Crippen molar-refractivity contribution >= 4 is 27.5 Å². The van der Waals surface area contributed by atoms with Crippen molar-refractivity contribution in [2.24, 2.45) is 0 Å². The molecule has 0 fully saturated rings. The van der Waals surface area contributed by atoms with Gasteiger partial charge in [-0.15, -0.1) is 0 Å². The Morgan fingerprint density at radius 3 is 2.68 bits per heavy atom. The van der Waals surface area contributed by atoms with Gasteiger partial charge in [-0.3, -0.25) is 4.79 Å². The predicted octanol–water partition coefficient (Wildman–Crippen LogP) is 2.32. The standard InChI is InChI=1S/C14H22BrN3O/c1-3-18(4-2)9-8-16-11-14(19)17-13-7-5-6-12(15)10-13/h5-7,10,16H,3-4,8-9,11H2,1-2H3,(H,17,19). The molecular weight excluding hydrogens is 306 g/mol. The highest BCUT2D eigenvalue weighted by Gasteiger charge is 2.03. The summed E-state index contributed by atoms with van der Waals surface area (Å²) in [4.78, 5) is 14.0. The van der Waals surface area contributed by atoms with E-state index < -0.39 is 0 Å². The molecule has 0 atom stereocenters. The number of amides is 1. The molecule has 0 bridgehead atoms. The molecule has 0 unspecified atom stereocenters. The summed E-state index contributed by atoms with van der Waals surface area (Å²) in [6.45, 7) is 8.51. The second-order valence-corrected chi connectivity index (χ2v) is 5.18. The molecule has 0 saturated carbocycles. The molecule has 0 saturated heterocycles. The van der Waals surface area contributed by atoms with E-state index >= 15 is 0 Å². The van der Waals surface area contributed by atoms with E-state index in [0.717, 1.165) is 36.3 Å². The molecule has 5 heteroatoms. The van der Waals surface area contributed by atoms with Crippen LogP contribution in [0.5, 0.6) is 0 Å². The number of benzene rings is 1. The zero-order valence-corrected chi connectivity index (χ0v) is 13.2. The van der Waals surface area contributed by atoms with Crippen molar-refractivity contribution in [3.8, 4) is 0 Å². The Labute approximate surface area is 123 Å². The molecular formula is C14H22BrN3O. The maximum Gasteiger partial charge on any atom is 0.238 e. The largest absolute Gasteiger partial charge is 0.325 e. The molecule has 0 aliphatic rings. The number of nitrogens with zero attached hydrogens (tertiary/aromatic N) is 1. The van der Waals surface area contributed by atoms with E-state index in [1.54, 1.807) is 0 Å². The first-order valence-corrected chi connectivity index (χ1v) is 7.43. The van der Waals surface area contributed by atoms with E-state index in [0.29, 0.717) is 6.54 Å². The zero-order valence-electron chi connectivity index (χ0n) is 11.6. The summed E-state index contributed by atoms with van der Waals surface area (Å²) in [7, 11) is 0. The topological polar surface area (TPSA) is 44.4 Å². The second kappa shape index (κ2) is 9.07. The van der Waals surface area contributed by atoms with Crippen LogP contribution in [-0.2, 0) is 4.79 Å². The Balaban J connectivity index is 2.21. The zero-order chi connectivity index (χ0) is 14.1. The van der Waals surface area contributed by atoms with E-state index in [4.69, 9.17) is 0 Å². The van der Waals surface area contributed by atoms with Gasteiger partial charge in [-0.1, -0.05) is 35.8 Å². The molecule has 1 aromatic carbocycles. The number of rotatable bonds is 8. The van der Waals surface area contributed by atoms with Crippen LogP contribution in [0, 0.1) is 0 Å².